The molecule has 0 radical (unpaired) electrons. The first-order chi connectivity index (χ1) is 14.6. The Kier molecular flexibility index (Phi) is 6.47. The number of ether oxygens (including phenoxy) is 1. The average Bonchev–Trinajstić information content (AvgIpc) is 3.34. The number of carbonyl (C=O) groups excluding carboxylic acids is 2. The number of benzene rings is 1. The second-order valence-electron chi connectivity index (χ2n) is 7.75. The molecule has 30 heavy (non-hydrogen) atoms. The molecule has 0 fully saturated rings. The minimum Gasteiger partial charge on any atom is -0.497 e. The third-order valence-corrected chi connectivity index (χ3v) is 6.78. The molecular weight excluding hydrogens is 398 g/mol. The molecule has 6 nitrogen and oxygen atoms in total. The van der Waals surface area contributed by atoms with E-state index in [1.54, 1.807) is 31.4 Å². The van der Waals surface area contributed by atoms with Crippen molar-refractivity contribution in [2.75, 3.05) is 19.0 Å². The fourth-order valence-corrected chi connectivity index (χ4v) is 5.08. The van der Waals surface area contributed by atoms with Crippen molar-refractivity contribution in [3.8, 4) is 5.75 Å². The highest BCUT2D eigenvalue weighted by Crippen LogP contribution is 2.38. The summed E-state index contributed by atoms with van der Waals surface area (Å²) < 4.78 is 5.12. The molecule has 2 aromatic rings. The summed E-state index contributed by atoms with van der Waals surface area (Å²) in [4.78, 5) is 30.8. The lowest BCUT2D eigenvalue weighted by atomic mass is 9.97. The smallest absolute Gasteiger partial charge is 0.257 e. The molecule has 4 rings (SSSR count). The standard InChI is InChI=1S/C23H27N3O3S/c1-29-17-9-7-16(8-10-17)21(27)26-23-25-20-18(11-12-19(20)30-23)22(28)24-14-13-15-5-3-2-4-6-15/h5,7-10,18H,2-4,6,11-14H2,1H3,(H,24,28)(H,25,26,27). The van der Waals surface area contributed by atoms with Crippen molar-refractivity contribution in [3.05, 3.63) is 52.0 Å². The summed E-state index contributed by atoms with van der Waals surface area (Å²) in [5.41, 5.74) is 2.82. The Bertz CT molecular complexity index is 949. The summed E-state index contributed by atoms with van der Waals surface area (Å²) >= 11 is 1.46. The maximum atomic E-state index is 12.7. The average molecular weight is 426 g/mol. The molecule has 1 heterocycles. The maximum absolute atomic E-state index is 12.7. The van der Waals surface area contributed by atoms with Gasteiger partial charge in [0, 0.05) is 17.0 Å². The van der Waals surface area contributed by atoms with Gasteiger partial charge in [-0.15, -0.1) is 11.3 Å². The van der Waals surface area contributed by atoms with Gasteiger partial charge in [-0.05, 0) is 69.2 Å². The van der Waals surface area contributed by atoms with Gasteiger partial charge in [0.25, 0.3) is 5.91 Å². The lowest BCUT2D eigenvalue weighted by Crippen LogP contribution is -2.29. The van der Waals surface area contributed by atoms with E-state index < -0.39 is 0 Å². The number of carbonyl (C=O) groups is 2. The van der Waals surface area contributed by atoms with Crippen LogP contribution in [0.5, 0.6) is 5.75 Å². The molecule has 1 unspecified atom stereocenters. The number of thiazole rings is 1. The number of nitrogens with one attached hydrogen (secondary N) is 2. The molecule has 1 aromatic carbocycles. The summed E-state index contributed by atoms with van der Waals surface area (Å²) in [5.74, 6) is 0.312. The quantitative estimate of drug-likeness (QED) is 0.643. The SMILES string of the molecule is COc1ccc(C(=O)Nc2nc3c(s2)CCC3C(=O)NCCC2=CCCCC2)cc1. The van der Waals surface area contributed by atoms with E-state index in [9.17, 15) is 9.59 Å². The molecule has 2 aliphatic carbocycles. The molecule has 0 bridgehead atoms. The van der Waals surface area contributed by atoms with Crippen LogP contribution in [0.25, 0.3) is 0 Å². The lowest BCUT2D eigenvalue weighted by molar-refractivity contribution is -0.122. The Morgan fingerprint density at radius 2 is 2.03 bits per heavy atom. The van der Waals surface area contributed by atoms with E-state index in [1.807, 2.05) is 0 Å². The number of rotatable bonds is 7. The van der Waals surface area contributed by atoms with Gasteiger partial charge in [0.15, 0.2) is 5.13 Å². The highest BCUT2D eigenvalue weighted by atomic mass is 32.1. The predicted molar refractivity (Wildman–Crippen MR) is 118 cm³/mol. The number of fused-ring (bicyclic) bond motifs is 1. The van der Waals surface area contributed by atoms with Crippen LogP contribution in [0.4, 0.5) is 5.13 Å². The molecule has 0 saturated carbocycles. The van der Waals surface area contributed by atoms with Crippen LogP contribution in [-0.2, 0) is 11.2 Å². The van der Waals surface area contributed by atoms with E-state index in [1.165, 1.54) is 36.2 Å². The Labute approximate surface area is 180 Å². The van der Waals surface area contributed by atoms with Crippen molar-refractivity contribution >= 4 is 28.3 Å². The van der Waals surface area contributed by atoms with Crippen molar-refractivity contribution in [2.24, 2.45) is 0 Å². The van der Waals surface area contributed by atoms with Gasteiger partial charge in [-0.2, -0.15) is 0 Å². The number of hydrogen-bond donors (Lipinski definition) is 2. The maximum Gasteiger partial charge on any atom is 0.257 e. The highest BCUT2D eigenvalue weighted by Gasteiger charge is 2.32. The number of anilines is 1. The molecule has 1 aromatic heterocycles. The molecule has 158 valence electrons. The first-order valence-corrected chi connectivity index (χ1v) is 11.4. The zero-order valence-corrected chi connectivity index (χ0v) is 18.0. The Hall–Kier alpha value is -2.67. The second-order valence-corrected chi connectivity index (χ2v) is 8.83. The summed E-state index contributed by atoms with van der Waals surface area (Å²) in [5, 5.41) is 6.49. The van der Waals surface area contributed by atoms with Crippen LogP contribution in [0, 0.1) is 0 Å². The van der Waals surface area contributed by atoms with E-state index in [-0.39, 0.29) is 17.7 Å². The molecule has 1 atom stereocenters. The van der Waals surface area contributed by atoms with Crippen molar-refractivity contribution in [2.45, 2.75) is 50.9 Å². The number of allylic oxidation sites excluding steroid dienone is 1. The van der Waals surface area contributed by atoms with Gasteiger partial charge >= 0.3 is 0 Å². The number of hydrogen-bond acceptors (Lipinski definition) is 5. The highest BCUT2D eigenvalue weighted by molar-refractivity contribution is 7.16. The molecule has 0 spiro atoms. The van der Waals surface area contributed by atoms with Crippen LogP contribution >= 0.6 is 11.3 Å². The molecule has 0 saturated heterocycles. The molecule has 2 amide bonds. The van der Waals surface area contributed by atoms with Crippen molar-refractivity contribution in [1.82, 2.24) is 10.3 Å². The first-order valence-electron chi connectivity index (χ1n) is 10.5. The summed E-state index contributed by atoms with van der Waals surface area (Å²) in [6, 6.07) is 6.93. The number of amides is 2. The zero-order valence-electron chi connectivity index (χ0n) is 17.2. The molecule has 0 aliphatic heterocycles. The largest absolute Gasteiger partial charge is 0.497 e. The van der Waals surface area contributed by atoms with Crippen LogP contribution in [0.15, 0.2) is 35.9 Å². The van der Waals surface area contributed by atoms with E-state index in [2.05, 4.69) is 21.7 Å². The van der Waals surface area contributed by atoms with Gasteiger partial charge in [-0.1, -0.05) is 11.6 Å². The Morgan fingerprint density at radius 3 is 2.77 bits per heavy atom. The Morgan fingerprint density at radius 1 is 1.20 bits per heavy atom. The minimum absolute atomic E-state index is 0.0449. The van der Waals surface area contributed by atoms with Gasteiger partial charge < -0.3 is 10.1 Å². The van der Waals surface area contributed by atoms with Crippen molar-refractivity contribution in [3.63, 3.8) is 0 Å². The lowest BCUT2D eigenvalue weighted by Gasteiger charge is -2.14. The number of methoxy groups -OCH3 is 1. The Balaban J connectivity index is 1.33. The third-order valence-electron chi connectivity index (χ3n) is 5.74. The third kappa shape index (κ3) is 4.73. The fraction of sp³-hybridized carbons (Fsp3) is 0.435. The van der Waals surface area contributed by atoms with Gasteiger partial charge in [0.2, 0.25) is 5.91 Å². The predicted octanol–water partition coefficient (Wildman–Crippen LogP) is 4.44. The zero-order chi connectivity index (χ0) is 20.9. The normalized spacial score (nSPS) is 17.8. The topological polar surface area (TPSA) is 80.3 Å². The fourth-order valence-electron chi connectivity index (χ4n) is 4.05. The summed E-state index contributed by atoms with van der Waals surface area (Å²) in [6.45, 7) is 0.682. The number of nitrogens with zero attached hydrogens (tertiary/aromatic N) is 1. The van der Waals surface area contributed by atoms with E-state index >= 15 is 0 Å². The van der Waals surface area contributed by atoms with Crippen LogP contribution < -0.4 is 15.4 Å². The van der Waals surface area contributed by atoms with Gasteiger partial charge in [-0.3, -0.25) is 14.9 Å². The molecule has 2 N–H and O–H groups in total. The first kappa shape index (κ1) is 20.6. The molecule has 7 heteroatoms. The summed E-state index contributed by atoms with van der Waals surface area (Å²) in [6.07, 6.45) is 9.74. The number of aromatic nitrogens is 1. The van der Waals surface area contributed by atoms with Crippen LogP contribution in [0.3, 0.4) is 0 Å². The van der Waals surface area contributed by atoms with Gasteiger partial charge in [0.05, 0.1) is 18.7 Å². The molecule has 2 aliphatic rings. The molecular formula is C23H27N3O3S. The van der Waals surface area contributed by atoms with Crippen LogP contribution in [-0.4, -0.2) is 30.5 Å². The summed E-state index contributed by atoms with van der Waals surface area (Å²) in [7, 11) is 1.59. The van der Waals surface area contributed by atoms with Crippen LogP contribution in [0.2, 0.25) is 0 Å². The minimum atomic E-state index is -0.219. The number of aryl methyl sites for hydroxylation is 1. The van der Waals surface area contributed by atoms with Gasteiger partial charge in [-0.25, -0.2) is 4.98 Å². The second kappa shape index (κ2) is 9.43. The van der Waals surface area contributed by atoms with E-state index in [0.717, 1.165) is 36.3 Å². The van der Waals surface area contributed by atoms with Crippen LogP contribution in [0.1, 0.15) is 65.4 Å². The van der Waals surface area contributed by atoms with Crippen molar-refractivity contribution < 1.29 is 14.3 Å². The van der Waals surface area contributed by atoms with E-state index in [4.69, 9.17) is 4.74 Å². The van der Waals surface area contributed by atoms with Crippen molar-refractivity contribution in [1.29, 1.82) is 0 Å². The van der Waals surface area contributed by atoms with Gasteiger partial charge in [0.1, 0.15) is 5.75 Å². The van der Waals surface area contributed by atoms with E-state index in [0.29, 0.717) is 23.0 Å². The monoisotopic (exact) mass is 425 g/mol.